The Hall–Kier alpha value is -2.26. The fourth-order valence-corrected chi connectivity index (χ4v) is 3.20. The number of alkyl halides is 6. The van der Waals surface area contributed by atoms with E-state index in [1.807, 2.05) is 0 Å². The van der Waals surface area contributed by atoms with Crippen LogP contribution in [0.25, 0.3) is 11.4 Å². The summed E-state index contributed by atoms with van der Waals surface area (Å²) in [5.74, 6) is -2.80. The molecule has 1 aromatic carbocycles. The molecule has 0 bridgehead atoms. The molecular weight excluding hydrogens is 464 g/mol. The van der Waals surface area contributed by atoms with Gasteiger partial charge in [-0.05, 0) is 18.4 Å². The van der Waals surface area contributed by atoms with Crippen LogP contribution in [0.2, 0.25) is 0 Å². The summed E-state index contributed by atoms with van der Waals surface area (Å²) >= 11 is 1.29. The molecule has 166 valence electrons. The average Bonchev–Trinajstić information content (AvgIpc) is 2.62. The molecule has 0 unspecified atom stereocenters. The Kier molecular flexibility index (Phi) is 7.08. The predicted octanol–water partition coefficient (Wildman–Crippen LogP) is 3.40. The number of hydrogen-bond donors (Lipinski definition) is 1. The third-order valence-corrected chi connectivity index (χ3v) is 4.80. The molecule has 7 nitrogen and oxygen atoms in total. The maximum Gasteiger partial charge on any atom is 0.422 e. The number of nitrogens with zero attached hydrogens (tertiary/aromatic N) is 2. The molecule has 0 aliphatic rings. The van der Waals surface area contributed by atoms with Crippen LogP contribution in [0.1, 0.15) is 0 Å². The van der Waals surface area contributed by atoms with Crippen molar-refractivity contribution in [1.29, 1.82) is 0 Å². The number of sulfonamides is 1. The van der Waals surface area contributed by atoms with Crippen molar-refractivity contribution in [3.05, 3.63) is 24.3 Å². The Balaban J connectivity index is 2.68. The summed E-state index contributed by atoms with van der Waals surface area (Å²) < 4.78 is 108. The molecule has 1 heterocycles. The normalized spacial score (nSPS) is 12.7. The second-order valence-electron chi connectivity index (χ2n) is 5.57. The van der Waals surface area contributed by atoms with Crippen molar-refractivity contribution in [3.8, 4) is 23.1 Å². The molecule has 0 saturated carbocycles. The van der Waals surface area contributed by atoms with Crippen molar-refractivity contribution in [2.45, 2.75) is 22.1 Å². The highest BCUT2D eigenvalue weighted by atomic mass is 32.2. The first-order valence-corrected chi connectivity index (χ1v) is 10.4. The van der Waals surface area contributed by atoms with Gasteiger partial charge in [0.25, 0.3) is 0 Å². The monoisotopic (exact) mass is 477 g/mol. The van der Waals surface area contributed by atoms with E-state index in [9.17, 15) is 34.8 Å². The maximum atomic E-state index is 12.6. The lowest BCUT2D eigenvalue weighted by Gasteiger charge is -2.16. The van der Waals surface area contributed by atoms with Gasteiger partial charge in [-0.25, -0.2) is 13.6 Å². The smallest absolute Gasteiger partial charge is 0.422 e. The van der Waals surface area contributed by atoms with E-state index in [-0.39, 0.29) is 5.56 Å². The third kappa shape index (κ3) is 6.91. The van der Waals surface area contributed by atoms with Gasteiger partial charge >= 0.3 is 12.4 Å². The molecule has 30 heavy (non-hydrogen) atoms. The van der Waals surface area contributed by atoms with E-state index in [0.717, 1.165) is 0 Å². The highest BCUT2D eigenvalue weighted by molar-refractivity contribution is 7.98. The lowest BCUT2D eigenvalue weighted by Crippen LogP contribution is -2.25. The second kappa shape index (κ2) is 8.85. The second-order valence-corrected chi connectivity index (χ2v) is 7.95. The molecule has 1 aromatic heterocycles. The molecule has 2 aromatic rings. The first-order valence-electron chi connectivity index (χ1n) is 7.68. The fraction of sp³-hybridized carbons (Fsp3) is 0.333. The number of thioether (sulfide) groups is 1. The van der Waals surface area contributed by atoms with Gasteiger partial charge in [-0.2, -0.15) is 36.3 Å². The summed E-state index contributed by atoms with van der Waals surface area (Å²) in [5.41, 5.74) is 0.163. The maximum absolute atomic E-state index is 12.6. The zero-order valence-electron chi connectivity index (χ0n) is 14.9. The highest BCUT2D eigenvalue weighted by Gasteiger charge is 2.35. The van der Waals surface area contributed by atoms with Crippen molar-refractivity contribution in [3.63, 3.8) is 0 Å². The number of aromatic nitrogens is 2. The summed E-state index contributed by atoms with van der Waals surface area (Å²) in [6, 6.07) is 6.10. The standard InChI is InChI=1S/C15H13F6N3O4S2/c1-29-9-4-2-3-8(5-9)11-23-12(27-6-14(16,17)18)10(30(22,25)26)13(24-11)28-7-15(19,20)21/h2-5H,6-7H2,1H3,(H2,22,25,26). The summed E-state index contributed by atoms with van der Waals surface area (Å²) in [4.78, 5) is 6.60. The van der Waals surface area contributed by atoms with Gasteiger partial charge in [0, 0.05) is 10.5 Å². The van der Waals surface area contributed by atoms with E-state index in [0.29, 0.717) is 4.90 Å². The summed E-state index contributed by atoms with van der Waals surface area (Å²) in [5, 5.41) is 4.94. The summed E-state index contributed by atoms with van der Waals surface area (Å²) in [7, 11) is -4.93. The summed E-state index contributed by atoms with van der Waals surface area (Å²) in [6.45, 7) is -3.95. The van der Waals surface area contributed by atoms with Gasteiger partial charge in [0.1, 0.15) is 0 Å². The Bertz CT molecular complexity index is 973. The molecule has 2 N–H and O–H groups in total. The van der Waals surface area contributed by atoms with Crippen LogP contribution in [-0.4, -0.2) is 50.2 Å². The molecule has 15 heteroatoms. The lowest BCUT2D eigenvalue weighted by atomic mass is 10.2. The van der Waals surface area contributed by atoms with Crippen molar-refractivity contribution in [2.75, 3.05) is 19.5 Å². The number of ether oxygens (including phenoxy) is 2. The van der Waals surface area contributed by atoms with Crippen LogP contribution in [-0.2, 0) is 10.0 Å². The van der Waals surface area contributed by atoms with Crippen LogP contribution < -0.4 is 14.6 Å². The van der Waals surface area contributed by atoms with Gasteiger partial charge in [0.15, 0.2) is 19.0 Å². The number of halogens is 6. The number of hydrogen-bond acceptors (Lipinski definition) is 7. The van der Waals surface area contributed by atoms with Crippen molar-refractivity contribution >= 4 is 21.8 Å². The van der Waals surface area contributed by atoms with Crippen LogP contribution in [0.15, 0.2) is 34.1 Å². The Morgan fingerprint density at radius 3 is 1.90 bits per heavy atom. The average molecular weight is 477 g/mol. The van der Waals surface area contributed by atoms with E-state index in [2.05, 4.69) is 19.4 Å². The first kappa shape index (κ1) is 24.0. The topological polar surface area (TPSA) is 104 Å². The van der Waals surface area contributed by atoms with Gasteiger partial charge in [-0.3, -0.25) is 0 Å². The van der Waals surface area contributed by atoms with Crippen molar-refractivity contribution < 1.29 is 44.2 Å². The van der Waals surface area contributed by atoms with E-state index in [1.54, 1.807) is 12.3 Å². The minimum atomic E-state index is -4.93. The van der Waals surface area contributed by atoms with Crippen LogP contribution in [0, 0.1) is 0 Å². The van der Waals surface area contributed by atoms with Crippen LogP contribution in [0.3, 0.4) is 0 Å². The molecule has 0 radical (unpaired) electrons. The first-order chi connectivity index (χ1) is 13.7. The molecule has 0 atom stereocenters. The van der Waals surface area contributed by atoms with Crippen LogP contribution in [0.5, 0.6) is 11.8 Å². The molecule has 0 fully saturated rings. The van der Waals surface area contributed by atoms with Gasteiger partial charge in [-0.15, -0.1) is 11.8 Å². The van der Waals surface area contributed by atoms with E-state index < -0.39 is 58.1 Å². The Morgan fingerprint density at radius 2 is 1.50 bits per heavy atom. The Morgan fingerprint density at radius 1 is 1.00 bits per heavy atom. The Labute approximate surface area is 170 Å². The number of nitrogens with two attached hydrogens (primary N) is 1. The van der Waals surface area contributed by atoms with Gasteiger partial charge < -0.3 is 9.47 Å². The molecule has 0 saturated heterocycles. The molecule has 2 rings (SSSR count). The zero-order valence-corrected chi connectivity index (χ0v) is 16.5. The predicted molar refractivity (Wildman–Crippen MR) is 93.7 cm³/mol. The molecule has 0 aliphatic heterocycles. The van der Waals surface area contributed by atoms with Crippen LogP contribution in [0.4, 0.5) is 26.3 Å². The molecular formula is C15H13F6N3O4S2. The molecule has 0 aliphatic carbocycles. The SMILES string of the molecule is CSc1cccc(-c2nc(OCC(F)(F)F)c(S(N)(=O)=O)c(OCC(F)(F)F)n2)c1. The zero-order chi connectivity index (χ0) is 22.7. The fourth-order valence-electron chi connectivity index (χ4n) is 2.04. The van der Waals surface area contributed by atoms with Gasteiger partial charge in [-0.1, -0.05) is 12.1 Å². The van der Waals surface area contributed by atoms with Crippen molar-refractivity contribution in [2.24, 2.45) is 5.14 Å². The van der Waals surface area contributed by atoms with E-state index >= 15 is 0 Å². The summed E-state index contributed by atoms with van der Waals surface area (Å²) in [6.07, 6.45) is -8.07. The van der Waals surface area contributed by atoms with Crippen molar-refractivity contribution in [1.82, 2.24) is 9.97 Å². The largest absolute Gasteiger partial charge is 0.467 e. The number of rotatable bonds is 7. The lowest BCUT2D eigenvalue weighted by molar-refractivity contribution is -0.155. The van der Waals surface area contributed by atoms with Gasteiger partial charge in [0.05, 0.1) is 0 Å². The number of benzene rings is 1. The third-order valence-electron chi connectivity index (χ3n) is 3.16. The van der Waals surface area contributed by atoms with E-state index in [1.165, 1.54) is 30.0 Å². The molecule has 0 spiro atoms. The minimum absolute atomic E-state index is 0.163. The number of primary sulfonamides is 1. The highest BCUT2D eigenvalue weighted by Crippen LogP contribution is 2.34. The van der Waals surface area contributed by atoms with E-state index in [4.69, 9.17) is 5.14 Å². The van der Waals surface area contributed by atoms with Crippen LogP contribution >= 0.6 is 11.8 Å². The quantitative estimate of drug-likeness (QED) is 0.482. The molecule has 0 amide bonds. The van der Waals surface area contributed by atoms with Gasteiger partial charge in [0.2, 0.25) is 26.7 Å². The minimum Gasteiger partial charge on any atom is -0.467 e.